The molecule has 1 atom stereocenters. The molecule has 0 radical (unpaired) electrons. The van der Waals surface area contributed by atoms with Crippen LogP contribution >= 0.6 is 0 Å². The van der Waals surface area contributed by atoms with Gasteiger partial charge in [-0.05, 0) is 25.0 Å². The number of rotatable bonds is 3. The molecule has 1 saturated heterocycles. The van der Waals surface area contributed by atoms with E-state index < -0.39 is 0 Å². The van der Waals surface area contributed by atoms with Crippen LogP contribution in [0.1, 0.15) is 31.6 Å². The van der Waals surface area contributed by atoms with Gasteiger partial charge in [-0.1, -0.05) is 12.1 Å². The van der Waals surface area contributed by atoms with Gasteiger partial charge in [0.1, 0.15) is 12.4 Å². The summed E-state index contributed by atoms with van der Waals surface area (Å²) in [6.45, 7) is 5.53. The summed E-state index contributed by atoms with van der Waals surface area (Å²) in [6.07, 6.45) is 2.04. The van der Waals surface area contributed by atoms with Gasteiger partial charge < -0.3 is 19.5 Å². The zero-order valence-corrected chi connectivity index (χ0v) is 14.1. The largest absolute Gasteiger partial charge is 0.371 e. The SMILES string of the molecule is CC(=O)N1CCC(NC[C@H]2COCc3nc4ccccc4n32)CC1. The molecule has 4 rings (SSSR count). The zero-order valence-electron chi connectivity index (χ0n) is 14.1. The first-order valence-corrected chi connectivity index (χ1v) is 8.75. The molecule has 1 fully saturated rings. The van der Waals surface area contributed by atoms with Gasteiger partial charge >= 0.3 is 0 Å². The molecule has 6 heteroatoms. The summed E-state index contributed by atoms with van der Waals surface area (Å²) in [4.78, 5) is 18.0. The molecule has 3 heterocycles. The molecule has 6 nitrogen and oxygen atoms in total. The molecule has 0 bridgehead atoms. The van der Waals surface area contributed by atoms with Crippen molar-refractivity contribution in [2.45, 2.75) is 38.5 Å². The Balaban J connectivity index is 1.43. The Morgan fingerprint density at radius 3 is 2.92 bits per heavy atom. The highest BCUT2D eigenvalue weighted by Gasteiger charge is 2.26. The van der Waals surface area contributed by atoms with Crippen molar-refractivity contribution in [1.29, 1.82) is 0 Å². The summed E-state index contributed by atoms with van der Waals surface area (Å²) >= 11 is 0. The van der Waals surface area contributed by atoms with E-state index in [-0.39, 0.29) is 11.9 Å². The third kappa shape index (κ3) is 2.91. The number of carbonyl (C=O) groups excluding carboxylic acids is 1. The number of ether oxygens (including phenoxy) is 1. The molecular weight excluding hydrogens is 304 g/mol. The summed E-state index contributed by atoms with van der Waals surface area (Å²) in [7, 11) is 0. The highest BCUT2D eigenvalue weighted by Crippen LogP contribution is 2.25. The van der Waals surface area contributed by atoms with Crippen LogP contribution in [0.2, 0.25) is 0 Å². The fourth-order valence-electron chi connectivity index (χ4n) is 3.82. The minimum atomic E-state index is 0.184. The average Bonchev–Trinajstić information content (AvgIpc) is 2.99. The lowest BCUT2D eigenvalue weighted by molar-refractivity contribution is -0.129. The lowest BCUT2D eigenvalue weighted by Gasteiger charge is -2.33. The standard InChI is InChI=1S/C18H24N4O2/c1-13(23)21-8-6-14(7-9-21)19-10-15-11-24-12-18-20-16-4-2-3-5-17(16)22(15)18/h2-5,14-15,19H,6-12H2,1H3/t15-/m0/s1. The average molecular weight is 328 g/mol. The first-order chi connectivity index (χ1) is 11.7. The summed E-state index contributed by atoms with van der Waals surface area (Å²) in [5.74, 6) is 1.20. The van der Waals surface area contributed by atoms with Crippen molar-refractivity contribution in [1.82, 2.24) is 19.8 Å². The lowest BCUT2D eigenvalue weighted by Crippen LogP contribution is -2.46. The van der Waals surface area contributed by atoms with Gasteiger partial charge in [0.15, 0.2) is 0 Å². The fourth-order valence-corrected chi connectivity index (χ4v) is 3.82. The minimum absolute atomic E-state index is 0.184. The van der Waals surface area contributed by atoms with E-state index in [9.17, 15) is 4.79 Å². The molecule has 0 spiro atoms. The molecule has 0 saturated carbocycles. The van der Waals surface area contributed by atoms with Crippen molar-refractivity contribution < 1.29 is 9.53 Å². The number of aromatic nitrogens is 2. The second kappa shape index (κ2) is 6.53. The fraction of sp³-hybridized carbons (Fsp3) is 0.556. The maximum Gasteiger partial charge on any atom is 0.219 e. The molecule has 2 aromatic rings. The molecule has 1 amide bonds. The van der Waals surface area contributed by atoms with Crippen LogP contribution in [-0.2, 0) is 16.1 Å². The molecule has 1 aromatic heterocycles. The first kappa shape index (κ1) is 15.6. The Kier molecular flexibility index (Phi) is 4.24. The predicted molar refractivity (Wildman–Crippen MR) is 91.7 cm³/mol. The van der Waals surface area contributed by atoms with Crippen molar-refractivity contribution in [3.05, 3.63) is 30.1 Å². The topological polar surface area (TPSA) is 59.4 Å². The van der Waals surface area contributed by atoms with Crippen LogP contribution < -0.4 is 5.32 Å². The highest BCUT2D eigenvalue weighted by atomic mass is 16.5. The van der Waals surface area contributed by atoms with E-state index in [4.69, 9.17) is 9.72 Å². The van der Waals surface area contributed by atoms with Crippen LogP contribution in [0.4, 0.5) is 0 Å². The molecule has 24 heavy (non-hydrogen) atoms. The molecule has 0 unspecified atom stereocenters. The second-order valence-electron chi connectivity index (χ2n) is 6.74. The van der Waals surface area contributed by atoms with Gasteiger partial charge in [-0.15, -0.1) is 0 Å². The number of nitrogens with one attached hydrogen (secondary N) is 1. The van der Waals surface area contributed by atoms with E-state index in [0.29, 0.717) is 19.3 Å². The molecule has 2 aliphatic heterocycles. The number of piperidine rings is 1. The van der Waals surface area contributed by atoms with Crippen molar-refractivity contribution in [3.8, 4) is 0 Å². The number of benzene rings is 1. The maximum absolute atomic E-state index is 11.4. The lowest BCUT2D eigenvalue weighted by atomic mass is 10.0. The summed E-state index contributed by atoms with van der Waals surface area (Å²) < 4.78 is 8.08. The van der Waals surface area contributed by atoms with Crippen LogP contribution in [0.3, 0.4) is 0 Å². The molecule has 128 valence electrons. The van der Waals surface area contributed by atoms with Crippen molar-refractivity contribution >= 4 is 16.9 Å². The predicted octanol–water partition coefficient (Wildman–Crippen LogP) is 1.71. The number of hydrogen-bond acceptors (Lipinski definition) is 4. The Morgan fingerprint density at radius 1 is 1.33 bits per heavy atom. The van der Waals surface area contributed by atoms with Crippen molar-refractivity contribution in [2.75, 3.05) is 26.2 Å². The summed E-state index contributed by atoms with van der Waals surface area (Å²) in [5, 5.41) is 3.68. The van der Waals surface area contributed by atoms with Crippen LogP contribution in [0.5, 0.6) is 0 Å². The second-order valence-corrected chi connectivity index (χ2v) is 6.74. The first-order valence-electron chi connectivity index (χ1n) is 8.75. The summed E-state index contributed by atoms with van der Waals surface area (Å²) in [5.41, 5.74) is 2.23. The Morgan fingerprint density at radius 2 is 2.12 bits per heavy atom. The molecule has 2 aliphatic rings. The number of fused-ring (bicyclic) bond motifs is 3. The molecule has 1 aromatic carbocycles. The van der Waals surface area contributed by atoms with Crippen molar-refractivity contribution in [2.24, 2.45) is 0 Å². The Labute approximate surface area is 141 Å². The van der Waals surface area contributed by atoms with Gasteiger partial charge in [0.25, 0.3) is 0 Å². The van der Waals surface area contributed by atoms with Crippen LogP contribution in [0.15, 0.2) is 24.3 Å². The normalized spacial score (nSPS) is 21.9. The van der Waals surface area contributed by atoms with E-state index in [1.54, 1.807) is 6.92 Å². The van der Waals surface area contributed by atoms with Crippen molar-refractivity contribution in [3.63, 3.8) is 0 Å². The van der Waals surface area contributed by atoms with Crippen LogP contribution in [0.25, 0.3) is 11.0 Å². The van der Waals surface area contributed by atoms with E-state index in [0.717, 1.165) is 43.8 Å². The number of para-hydroxylation sites is 2. The van der Waals surface area contributed by atoms with E-state index >= 15 is 0 Å². The monoisotopic (exact) mass is 328 g/mol. The number of imidazole rings is 1. The number of likely N-dealkylation sites (tertiary alicyclic amines) is 1. The quantitative estimate of drug-likeness (QED) is 0.932. The Bertz CT molecular complexity index is 734. The smallest absolute Gasteiger partial charge is 0.219 e. The summed E-state index contributed by atoms with van der Waals surface area (Å²) in [6, 6.07) is 9.03. The van der Waals surface area contributed by atoms with E-state index in [2.05, 4.69) is 28.1 Å². The number of hydrogen-bond donors (Lipinski definition) is 1. The van der Waals surface area contributed by atoms with Gasteiger partial charge in [0.05, 0.1) is 23.7 Å². The number of carbonyl (C=O) groups is 1. The van der Waals surface area contributed by atoms with Crippen LogP contribution in [-0.4, -0.2) is 52.6 Å². The van der Waals surface area contributed by atoms with E-state index in [1.807, 2.05) is 11.0 Å². The number of nitrogens with zero attached hydrogens (tertiary/aromatic N) is 3. The number of amides is 1. The molecular formula is C18H24N4O2. The van der Waals surface area contributed by atoms with Gasteiger partial charge in [-0.2, -0.15) is 0 Å². The molecule has 1 N–H and O–H groups in total. The minimum Gasteiger partial charge on any atom is -0.371 e. The van der Waals surface area contributed by atoms with Gasteiger partial charge in [0, 0.05) is 32.6 Å². The van der Waals surface area contributed by atoms with Gasteiger partial charge in [-0.25, -0.2) is 4.98 Å². The van der Waals surface area contributed by atoms with E-state index in [1.165, 1.54) is 5.52 Å². The maximum atomic E-state index is 11.4. The van der Waals surface area contributed by atoms with Gasteiger partial charge in [0.2, 0.25) is 5.91 Å². The van der Waals surface area contributed by atoms with Gasteiger partial charge in [-0.3, -0.25) is 4.79 Å². The van der Waals surface area contributed by atoms with Crippen LogP contribution in [0, 0.1) is 0 Å². The molecule has 0 aliphatic carbocycles. The Hall–Kier alpha value is -1.92. The third-order valence-electron chi connectivity index (χ3n) is 5.16. The third-order valence-corrected chi connectivity index (χ3v) is 5.16. The zero-order chi connectivity index (χ0) is 16.5. The highest BCUT2D eigenvalue weighted by molar-refractivity contribution is 5.76.